The molecular formula is C24H22ClN5O4. The first-order valence-electron chi connectivity index (χ1n) is 10.4. The monoisotopic (exact) mass is 479 g/mol. The Hall–Kier alpha value is -4.11. The number of carbonyl (C=O) groups is 2. The molecule has 34 heavy (non-hydrogen) atoms. The molecule has 0 aliphatic rings. The van der Waals surface area contributed by atoms with Gasteiger partial charge in [0.25, 0.3) is 5.91 Å². The van der Waals surface area contributed by atoms with Crippen molar-refractivity contribution in [1.29, 1.82) is 0 Å². The Bertz CT molecular complexity index is 1460. The molecule has 3 heterocycles. The number of pyridine rings is 2. The highest BCUT2D eigenvalue weighted by atomic mass is 35.5. The van der Waals surface area contributed by atoms with Gasteiger partial charge in [-0.2, -0.15) is 0 Å². The maximum Gasteiger partial charge on any atom is 0.352 e. The molecule has 0 saturated heterocycles. The predicted molar refractivity (Wildman–Crippen MR) is 127 cm³/mol. The van der Waals surface area contributed by atoms with Crippen LogP contribution in [-0.4, -0.2) is 51.6 Å². The molecule has 1 amide bonds. The molecule has 0 aliphatic carbocycles. The van der Waals surface area contributed by atoms with Crippen LogP contribution in [0, 0.1) is 0 Å². The van der Waals surface area contributed by atoms with Gasteiger partial charge in [-0.05, 0) is 42.5 Å². The van der Waals surface area contributed by atoms with Gasteiger partial charge >= 0.3 is 5.97 Å². The Kier molecular flexibility index (Phi) is 6.65. The minimum Gasteiger partial charge on any atom is -0.497 e. The number of nitrogens with one attached hydrogen (secondary N) is 1. The number of hydrogen-bond donors (Lipinski definition) is 2. The van der Waals surface area contributed by atoms with Crippen LogP contribution in [0.4, 0.5) is 0 Å². The Labute approximate surface area is 199 Å². The number of carboxylic acids is 1. The second-order valence-corrected chi connectivity index (χ2v) is 7.79. The summed E-state index contributed by atoms with van der Waals surface area (Å²) in [5, 5.41) is 13.4. The Morgan fingerprint density at radius 1 is 1.18 bits per heavy atom. The Morgan fingerprint density at radius 2 is 2.00 bits per heavy atom. The zero-order valence-electron chi connectivity index (χ0n) is 18.5. The lowest BCUT2D eigenvalue weighted by Crippen LogP contribution is -2.29. The molecule has 0 bridgehead atoms. The fourth-order valence-corrected chi connectivity index (χ4v) is 3.79. The van der Waals surface area contributed by atoms with Crippen molar-refractivity contribution in [2.75, 3.05) is 20.7 Å². The van der Waals surface area contributed by atoms with Crippen LogP contribution in [-0.2, 0) is 6.54 Å². The zero-order chi connectivity index (χ0) is 24.2. The van der Waals surface area contributed by atoms with Crippen molar-refractivity contribution >= 4 is 29.1 Å². The molecule has 0 fully saturated rings. The van der Waals surface area contributed by atoms with Crippen LogP contribution in [0.3, 0.4) is 0 Å². The number of fused-ring (bicyclic) bond motifs is 1. The molecule has 0 atom stereocenters. The number of rotatable bonds is 7. The molecule has 0 unspecified atom stereocenters. The van der Waals surface area contributed by atoms with E-state index in [0.717, 1.165) is 11.3 Å². The summed E-state index contributed by atoms with van der Waals surface area (Å²) in [5.41, 5.74) is 2.65. The SMILES string of the molecule is CN=c1ccn(CCNC(=O)c2ccn3c(-c4cc(OC)ccc4Cl)cnc3c2)c(C(=O)O)c1. The minimum atomic E-state index is -1.06. The molecule has 2 N–H and O–H groups in total. The van der Waals surface area contributed by atoms with E-state index in [2.05, 4.69) is 15.3 Å². The van der Waals surface area contributed by atoms with E-state index < -0.39 is 5.97 Å². The lowest BCUT2D eigenvalue weighted by molar-refractivity contribution is 0.0684. The summed E-state index contributed by atoms with van der Waals surface area (Å²) < 4.78 is 8.69. The minimum absolute atomic E-state index is 0.0971. The molecule has 9 nitrogen and oxygen atoms in total. The normalized spacial score (nSPS) is 11.6. The number of hydrogen-bond acceptors (Lipinski definition) is 5. The van der Waals surface area contributed by atoms with Crippen LogP contribution < -0.4 is 15.4 Å². The predicted octanol–water partition coefficient (Wildman–Crippen LogP) is 3.12. The van der Waals surface area contributed by atoms with Gasteiger partial charge in [-0.15, -0.1) is 0 Å². The average molecular weight is 480 g/mol. The second kappa shape index (κ2) is 9.80. The highest BCUT2D eigenvalue weighted by molar-refractivity contribution is 6.33. The van der Waals surface area contributed by atoms with Crippen molar-refractivity contribution in [3.63, 3.8) is 0 Å². The summed E-state index contributed by atoms with van der Waals surface area (Å²) in [6.45, 7) is 0.540. The number of imidazole rings is 1. The van der Waals surface area contributed by atoms with Gasteiger partial charge in [-0.3, -0.25) is 14.2 Å². The fourth-order valence-electron chi connectivity index (χ4n) is 3.58. The standard InChI is InChI=1S/C24H22ClN5O4/c1-26-16-6-8-29(20(12-16)24(32)33)10-7-27-23(31)15-5-9-30-21(14-28-22(30)11-15)18-13-17(34-2)3-4-19(18)25/h3-6,8-9,11-14H,7,10H2,1-2H3,(H,27,31)(H,32,33). The van der Waals surface area contributed by atoms with Gasteiger partial charge in [0.2, 0.25) is 0 Å². The van der Waals surface area contributed by atoms with Gasteiger partial charge in [-0.25, -0.2) is 9.78 Å². The van der Waals surface area contributed by atoms with E-state index in [4.69, 9.17) is 16.3 Å². The van der Waals surface area contributed by atoms with Crippen LogP contribution in [0.1, 0.15) is 20.8 Å². The highest BCUT2D eigenvalue weighted by Gasteiger charge is 2.14. The van der Waals surface area contributed by atoms with Crippen molar-refractivity contribution in [3.05, 3.63) is 82.7 Å². The van der Waals surface area contributed by atoms with Crippen molar-refractivity contribution in [3.8, 4) is 17.0 Å². The van der Waals surface area contributed by atoms with Gasteiger partial charge in [0.15, 0.2) is 0 Å². The largest absolute Gasteiger partial charge is 0.497 e. The number of methoxy groups -OCH3 is 1. The molecular weight excluding hydrogens is 458 g/mol. The lowest BCUT2D eigenvalue weighted by atomic mass is 10.1. The van der Waals surface area contributed by atoms with Crippen molar-refractivity contribution in [1.82, 2.24) is 19.3 Å². The van der Waals surface area contributed by atoms with Crippen LogP contribution in [0.5, 0.6) is 5.75 Å². The van der Waals surface area contributed by atoms with E-state index in [1.54, 1.807) is 67.6 Å². The number of aromatic nitrogens is 3. The van der Waals surface area contributed by atoms with Crippen LogP contribution in [0.2, 0.25) is 5.02 Å². The Morgan fingerprint density at radius 3 is 2.74 bits per heavy atom. The van der Waals surface area contributed by atoms with E-state index in [1.807, 2.05) is 10.5 Å². The molecule has 0 spiro atoms. The zero-order valence-corrected chi connectivity index (χ0v) is 19.3. The quantitative estimate of drug-likeness (QED) is 0.423. The van der Waals surface area contributed by atoms with E-state index in [9.17, 15) is 14.7 Å². The van der Waals surface area contributed by atoms with Crippen LogP contribution in [0.15, 0.2) is 66.0 Å². The molecule has 1 aromatic carbocycles. The summed E-state index contributed by atoms with van der Waals surface area (Å²) >= 11 is 6.38. The summed E-state index contributed by atoms with van der Waals surface area (Å²) in [4.78, 5) is 32.6. The van der Waals surface area contributed by atoms with E-state index >= 15 is 0 Å². The number of aromatic carboxylic acids is 1. The van der Waals surface area contributed by atoms with Crippen LogP contribution >= 0.6 is 11.6 Å². The molecule has 174 valence electrons. The first-order chi connectivity index (χ1) is 16.4. The highest BCUT2D eigenvalue weighted by Crippen LogP contribution is 2.32. The molecule has 10 heteroatoms. The summed E-state index contributed by atoms with van der Waals surface area (Å²) in [5.74, 6) is -0.675. The van der Waals surface area contributed by atoms with E-state index in [1.165, 1.54) is 6.07 Å². The van der Waals surface area contributed by atoms with E-state index in [-0.39, 0.29) is 18.1 Å². The topological polar surface area (TPSA) is 110 Å². The number of halogens is 1. The van der Waals surface area contributed by atoms with E-state index in [0.29, 0.717) is 33.9 Å². The molecule has 3 aromatic heterocycles. The molecule has 0 aliphatic heterocycles. The number of carboxylic acid groups (broad SMARTS) is 1. The second-order valence-electron chi connectivity index (χ2n) is 7.38. The molecule has 0 saturated carbocycles. The maximum absolute atomic E-state index is 12.7. The smallest absolute Gasteiger partial charge is 0.352 e. The number of benzene rings is 1. The number of ether oxygens (including phenoxy) is 1. The van der Waals surface area contributed by atoms with Gasteiger partial charge in [-0.1, -0.05) is 11.6 Å². The summed E-state index contributed by atoms with van der Waals surface area (Å²) in [6.07, 6.45) is 5.08. The van der Waals surface area contributed by atoms with Crippen molar-refractivity contribution in [2.24, 2.45) is 4.99 Å². The van der Waals surface area contributed by atoms with Crippen molar-refractivity contribution < 1.29 is 19.4 Å². The first-order valence-corrected chi connectivity index (χ1v) is 10.7. The molecule has 4 aromatic rings. The fraction of sp³-hybridized carbons (Fsp3) is 0.167. The third-order valence-corrected chi connectivity index (χ3v) is 5.69. The van der Waals surface area contributed by atoms with Crippen molar-refractivity contribution in [2.45, 2.75) is 6.54 Å². The Balaban J connectivity index is 1.50. The molecule has 4 rings (SSSR count). The first kappa shape index (κ1) is 23.1. The summed E-state index contributed by atoms with van der Waals surface area (Å²) in [6, 6.07) is 11.9. The third kappa shape index (κ3) is 4.65. The van der Waals surface area contributed by atoms with Gasteiger partial charge < -0.3 is 19.7 Å². The number of carbonyl (C=O) groups excluding carboxylic acids is 1. The molecule has 0 radical (unpaired) electrons. The average Bonchev–Trinajstić information content (AvgIpc) is 3.27. The summed E-state index contributed by atoms with van der Waals surface area (Å²) in [7, 11) is 3.18. The van der Waals surface area contributed by atoms with Gasteiger partial charge in [0.1, 0.15) is 17.1 Å². The van der Waals surface area contributed by atoms with Gasteiger partial charge in [0, 0.05) is 43.7 Å². The number of amides is 1. The lowest BCUT2D eigenvalue weighted by Gasteiger charge is -2.12. The maximum atomic E-state index is 12.7. The number of nitrogens with zero attached hydrogens (tertiary/aromatic N) is 4. The van der Waals surface area contributed by atoms with Crippen LogP contribution in [0.25, 0.3) is 16.9 Å². The van der Waals surface area contributed by atoms with Gasteiger partial charge in [0.05, 0.1) is 29.4 Å². The third-order valence-electron chi connectivity index (χ3n) is 5.36.